The largest absolute Gasteiger partial charge is 0.497 e. The number of benzene rings is 1. The molecular weight excluding hydrogens is 328 g/mol. The highest BCUT2D eigenvalue weighted by Gasteiger charge is 2.09. The van der Waals surface area contributed by atoms with Gasteiger partial charge in [0.05, 0.1) is 12.9 Å². The Bertz CT molecular complexity index is 748. The molecule has 0 atom stereocenters. The van der Waals surface area contributed by atoms with E-state index in [1.165, 1.54) is 0 Å². The molecule has 0 saturated carbocycles. The second-order valence-corrected chi connectivity index (χ2v) is 7.09. The lowest BCUT2D eigenvalue weighted by Crippen LogP contribution is -2.17. The van der Waals surface area contributed by atoms with E-state index in [2.05, 4.69) is 20.2 Å². The van der Waals surface area contributed by atoms with Gasteiger partial charge < -0.3 is 10.1 Å². The molecule has 7 nitrogen and oxygen atoms in total. The minimum Gasteiger partial charge on any atom is -0.497 e. The molecule has 0 unspecified atom stereocenters. The minimum atomic E-state index is -3.34. The summed E-state index contributed by atoms with van der Waals surface area (Å²) in [5.41, 5.74) is 1.15. The summed E-state index contributed by atoms with van der Waals surface area (Å²) < 4.78 is 30.9. The SMILES string of the molecule is CCCS(=O)(=O)Nc1ccc(NCCc2cccc(OC)c2)nn1. The molecule has 2 rings (SSSR count). The van der Waals surface area contributed by atoms with Gasteiger partial charge in [0.1, 0.15) is 11.6 Å². The summed E-state index contributed by atoms with van der Waals surface area (Å²) in [6.45, 7) is 2.49. The molecule has 0 aliphatic heterocycles. The molecule has 1 aromatic carbocycles. The Morgan fingerprint density at radius 3 is 2.54 bits per heavy atom. The molecule has 1 aromatic heterocycles. The highest BCUT2D eigenvalue weighted by molar-refractivity contribution is 7.92. The Kier molecular flexibility index (Phi) is 6.36. The molecule has 24 heavy (non-hydrogen) atoms. The van der Waals surface area contributed by atoms with E-state index in [9.17, 15) is 8.42 Å². The number of hydrogen-bond donors (Lipinski definition) is 2. The van der Waals surface area contributed by atoms with Crippen LogP contribution < -0.4 is 14.8 Å². The first kappa shape index (κ1) is 18.0. The molecule has 0 radical (unpaired) electrons. The van der Waals surface area contributed by atoms with Crippen LogP contribution in [0.5, 0.6) is 5.75 Å². The fourth-order valence-corrected chi connectivity index (χ4v) is 3.19. The van der Waals surface area contributed by atoms with Crippen molar-refractivity contribution in [3.8, 4) is 5.75 Å². The van der Waals surface area contributed by atoms with Gasteiger partial charge in [0.25, 0.3) is 0 Å². The molecule has 0 aliphatic carbocycles. The Hall–Kier alpha value is -2.35. The van der Waals surface area contributed by atoms with Crippen LogP contribution in [-0.2, 0) is 16.4 Å². The number of methoxy groups -OCH3 is 1. The van der Waals surface area contributed by atoms with Gasteiger partial charge in [0.15, 0.2) is 5.82 Å². The van der Waals surface area contributed by atoms with Crippen molar-refractivity contribution in [1.82, 2.24) is 10.2 Å². The highest BCUT2D eigenvalue weighted by Crippen LogP contribution is 2.13. The summed E-state index contributed by atoms with van der Waals surface area (Å²) in [7, 11) is -1.70. The Morgan fingerprint density at radius 1 is 1.12 bits per heavy atom. The van der Waals surface area contributed by atoms with Gasteiger partial charge >= 0.3 is 0 Å². The molecule has 2 N–H and O–H groups in total. The zero-order valence-electron chi connectivity index (χ0n) is 13.8. The number of nitrogens with zero attached hydrogens (tertiary/aromatic N) is 2. The average molecular weight is 350 g/mol. The fourth-order valence-electron chi connectivity index (χ4n) is 2.12. The van der Waals surface area contributed by atoms with Gasteiger partial charge in [-0.1, -0.05) is 19.1 Å². The maximum Gasteiger partial charge on any atom is 0.233 e. The summed E-state index contributed by atoms with van der Waals surface area (Å²) in [5, 5.41) is 11.0. The van der Waals surface area contributed by atoms with E-state index in [1.807, 2.05) is 24.3 Å². The second-order valence-electron chi connectivity index (χ2n) is 5.25. The van der Waals surface area contributed by atoms with Crippen molar-refractivity contribution in [2.24, 2.45) is 0 Å². The molecule has 0 amide bonds. The third kappa shape index (κ3) is 5.69. The molecule has 1 heterocycles. The van der Waals surface area contributed by atoms with Gasteiger partial charge in [-0.3, -0.25) is 4.72 Å². The summed E-state index contributed by atoms with van der Waals surface area (Å²) in [5.74, 6) is 1.71. The molecule has 0 saturated heterocycles. The minimum absolute atomic E-state index is 0.0647. The van der Waals surface area contributed by atoms with Crippen molar-refractivity contribution < 1.29 is 13.2 Å². The van der Waals surface area contributed by atoms with Gasteiger partial charge in [0.2, 0.25) is 10.0 Å². The van der Waals surface area contributed by atoms with Gasteiger partial charge in [-0.05, 0) is 42.7 Å². The first-order valence-corrected chi connectivity index (χ1v) is 9.38. The zero-order valence-corrected chi connectivity index (χ0v) is 14.6. The fraction of sp³-hybridized carbons (Fsp3) is 0.375. The number of sulfonamides is 1. The first-order valence-electron chi connectivity index (χ1n) is 7.73. The zero-order chi connectivity index (χ0) is 17.4. The molecule has 8 heteroatoms. The quantitative estimate of drug-likeness (QED) is 0.721. The third-order valence-corrected chi connectivity index (χ3v) is 4.72. The van der Waals surface area contributed by atoms with Gasteiger partial charge in [-0.2, -0.15) is 0 Å². The first-order chi connectivity index (χ1) is 11.5. The topological polar surface area (TPSA) is 93.2 Å². The molecule has 0 spiro atoms. The van der Waals surface area contributed by atoms with E-state index >= 15 is 0 Å². The van der Waals surface area contributed by atoms with E-state index in [-0.39, 0.29) is 11.6 Å². The van der Waals surface area contributed by atoms with Crippen LogP contribution in [0, 0.1) is 0 Å². The van der Waals surface area contributed by atoms with E-state index in [0.717, 1.165) is 17.7 Å². The number of hydrogen-bond acceptors (Lipinski definition) is 6. The molecule has 2 aromatic rings. The van der Waals surface area contributed by atoms with Crippen molar-refractivity contribution in [2.75, 3.05) is 29.4 Å². The second kappa shape index (κ2) is 8.49. The Labute approximate surface area is 142 Å². The van der Waals surface area contributed by atoms with Crippen LogP contribution in [0.15, 0.2) is 36.4 Å². The van der Waals surface area contributed by atoms with Crippen LogP contribution in [0.25, 0.3) is 0 Å². The van der Waals surface area contributed by atoms with Crippen LogP contribution in [-0.4, -0.2) is 38.0 Å². The standard InChI is InChI=1S/C16H22N4O3S/c1-3-11-24(21,22)20-16-8-7-15(18-19-16)17-10-9-13-5-4-6-14(12-13)23-2/h4-8,12H,3,9-11H2,1-2H3,(H,17,18)(H,19,20). The van der Waals surface area contributed by atoms with Crippen molar-refractivity contribution in [1.29, 1.82) is 0 Å². The molecule has 130 valence electrons. The van der Waals surface area contributed by atoms with E-state index < -0.39 is 10.0 Å². The number of ether oxygens (including phenoxy) is 1. The molecule has 0 bridgehead atoms. The highest BCUT2D eigenvalue weighted by atomic mass is 32.2. The van der Waals surface area contributed by atoms with Crippen LogP contribution in [0.1, 0.15) is 18.9 Å². The predicted molar refractivity (Wildman–Crippen MR) is 94.9 cm³/mol. The van der Waals surface area contributed by atoms with Gasteiger partial charge in [-0.25, -0.2) is 8.42 Å². The van der Waals surface area contributed by atoms with Crippen LogP contribution >= 0.6 is 0 Å². The Morgan fingerprint density at radius 2 is 1.88 bits per heavy atom. The van der Waals surface area contributed by atoms with E-state index in [1.54, 1.807) is 26.2 Å². The summed E-state index contributed by atoms with van der Waals surface area (Å²) in [4.78, 5) is 0. The van der Waals surface area contributed by atoms with Gasteiger partial charge in [-0.15, -0.1) is 10.2 Å². The number of nitrogens with one attached hydrogen (secondary N) is 2. The lowest BCUT2D eigenvalue weighted by Gasteiger charge is -2.08. The summed E-state index contributed by atoms with van der Waals surface area (Å²) in [6.07, 6.45) is 1.36. The molecular formula is C16H22N4O3S. The van der Waals surface area contributed by atoms with Crippen molar-refractivity contribution in [3.63, 3.8) is 0 Å². The summed E-state index contributed by atoms with van der Waals surface area (Å²) in [6, 6.07) is 11.2. The van der Waals surface area contributed by atoms with E-state index in [4.69, 9.17) is 4.74 Å². The number of anilines is 2. The lowest BCUT2D eigenvalue weighted by atomic mass is 10.1. The van der Waals surface area contributed by atoms with Crippen molar-refractivity contribution in [2.45, 2.75) is 19.8 Å². The van der Waals surface area contributed by atoms with Crippen LogP contribution in [0.3, 0.4) is 0 Å². The monoisotopic (exact) mass is 350 g/mol. The third-order valence-electron chi connectivity index (χ3n) is 3.25. The average Bonchev–Trinajstić information content (AvgIpc) is 2.56. The van der Waals surface area contributed by atoms with Gasteiger partial charge in [0, 0.05) is 6.54 Å². The summed E-state index contributed by atoms with van der Waals surface area (Å²) >= 11 is 0. The molecule has 0 aliphatic rings. The number of rotatable bonds is 9. The van der Waals surface area contributed by atoms with E-state index in [0.29, 0.717) is 18.8 Å². The predicted octanol–water partition coefficient (Wildman–Crippen LogP) is 2.29. The molecule has 0 fully saturated rings. The maximum atomic E-state index is 11.7. The smallest absolute Gasteiger partial charge is 0.233 e. The van der Waals surface area contributed by atoms with Crippen LogP contribution in [0.2, 0.25) is 0 Å². The Balaban J connectivity index is 1.85. The lowest BCUT2D eigenvalue weighted by molar-refractivity contribution is 0.414. The normalized spacial score (nSPS) is 11.1. The van der Waals surface area contributed by atoms with Crippen molar-refractivity contribution in [3.05, 3.63) is 42.0 Å². The van der Waals surface area contributed by atoms with Crippen molar-refractivity contribution >= 4 is 21.7 Å². The maximum absolute atomic E-state index is 11.7. The van der Waals surface area contributed by atoms with Crippen LogP contribution in [0.4, 0.5) is 11.6 Å². The number of aromatic nitrogens is 2.